The fraction of sp³-hybridized carbons (Fsp3) is 0.211. The van der Waals surface area contributed by atoms with Crippen LogP contribution in [0.2, 0.25) is 4.34 Å². The van der Waals surface area contributed by atoms with Crippen LogP contribution in [0.3, 0.4) is 0 Å². The maximum absolute atomic E-state index is 12.6. The molecule has 0 saturated carbocycles. The zero-order valence-electron chi connectivity index (χ0n) is 14.3. The maximum Gasteiger partial charge on any atom is 0.257 e. The van der Waals surface area contributed by atoms with Gasteiger partial charge in [-0.3, -0.25) is 14.9 Å². The van der Waals surface area contributed by atoms with Gasteiger partial charge in [-0.25, -0.2) is 4.98 Å². The molecule has 0 spiro atoms. The highest BCUT2D eigenvalue weighted by Crippen LogP contribution is 2.33. The average Bonchev–Trinajstić information content (AvgIpc) is 3.38. The fourth-order valence-electron chi connectivity index (χ4n) is 2.97. The Labute approximate surface area is 169 Å². The van der Waals surface area contributed by atoms with E-state index < -0.39 is 0 Å². The number of benzene rings is 1. The van der Waals surface area contributed by atoms with Gasteiger partial charge in [-0.05, 0) is 36.2 Å². The molecule has 0 unspecified atom stereocenters. The number of thiazole rings is 1. The summed E-state index contributed by atoms with van der Waals surface area (Å²) in [7, 11) is 0. The number of halogens is 1. The third-order valence-electron chi connectivity index (χ3n) is 4.28. The van der Waals surface area contributed by atoms with E-state index in [0.29, 0.717) is 28.0 Å². The van der Waals surface area contributed by atoms with Gasteiger partial charge in [-0.1, -0.05) is 23.7 Å². The normalized spacial score (nSPS) is 14.0. The van der Waals surface area contributed by atoms with Crippen molar-refractivity contribution in [3.8, 4) is 10.6 Å². The molecule has 3 heterocycles. The third kappa shape index (κ3) is 4.21. The molecule has 3 aromatic rings. The van der Waals surface area contributed by atoms with E-state index in [-0.39, 0.29) is 11.8 Å². The first-order chi connectivity index (χ1) is 13.1. The predicted molar refractivity (Wildman–Crippen MR) is 109 cm³/mol. The molecule has 27 heavy (non-hydrogen) atoms. The highest BCUT2D eigenvalue weighted by atomic mass is 35.5. The molecule has 1 saturated heterocycles. The van der Waals surface area contributed by atoms with Gasteiger partial charge in [0.2, 0.25) is 5.91 Å². The molecule has 2 aromatic heterocycles. The van der Waals surface area contributed by atoms with E-state index in [1.807, 2.05) is 40.6 Å². The Morgan fingerprint density at radius 1 is 1.30 bits per heavy atom. The van der Waals surface area contributed by atoms with E-state index in [0.717, 1.165) is 29.1 Å². The Hall–Kier alpha value is -2.22. The first kappa shape index (κ1) is 18.2. The summed E-state index contributed by atoms with van der Waals surface area (Å²) in [6.45, 7) is 1.32. The average molecular weight is 418 g/mol. The van der Waals surface area contributed by atoms with Crippen molar-refractivity contribution in [3.63, 3.8) is 0 Å². The largest absolute Gasteiger partial charge is 0.338 e. The number of rotatable bonds is 5. The van der Waals surface area contributed by atoms with Gasteiger partial charge in [0.05, 0.1) is 14.9 Å². The molecule has 0 aliphatic carbocycles. The molecule has 0 radical (unpaired) electrons. The van der Waals surface area contributed by atoms with Crippen LogP contribution in [0.4, 0.5) is 5.13 Å². The van der Waals surface area contributed by atoms with Crippen molar-refractivity contribution in [2.24, 2.45) is 0 Å². The van der Waals surface area contributed by atoms with Gasteiger partial charge in [0.15, 0.2) is 5.13 Å². The first-order valence-corrected chi connectivity index (χ1v) is 10.6. The van der Waals surface area contributed by atoms with E-state index in [2.05, 4.69) is 10.3 Å². The highest BCUT2D eigenvalue weighted by molar-refractivity contribution is 7.20. The highest BCUT2D eigenvalue weighted by Gasteiger charge is 2.20. The molecule has 1 N–H and O–H groups in total. The number of anilines is 1. The summed E-state index contributed by atoms with van der Waals surface area (Å²) in [4.78, 5) is 31.6. The zero-order valence-corrected chi connectivity index (χ0v) is 16.7. The number of nitrogens with zero attached hydrogens (tertiary/aromatic N) is 2. The van der Waals surface area contributed by atoms with Gasteiger partial charge >= 0.3 is 0 Å². The number of hydrogen-bond acceptors (Lipinski definition) is 5. The van der Waals surface area contributed by atoms with E-state index in [1.54, 1.807) is 6.07 Å². The zero-order chi connectivity index (χ0) is 18.8. The molecule has 4 rings (SSSR count). The Morgan fingerprint density at radius 2 is 2.19 bits per heavy atom. The summed E-state index contributed by atoms with van der Waals surface area (Å²) >= 11 is 8.79. The second-order valence-electron chi connectivity index (χ2n) is 6.22. The van der Waals surface area contributed by atoms with Crippen molar-refractivity contribution >= 4 is 51.2 Å². The van der Waals surface area contributed by atoms with Gasteiger partial charge in [-0.2, -0.15) is 0 Å². The number of hydrogen-bond donors (Lipinski definition) is 1. The molecule has 5 nitrogen and oxygen atoms in total. The second kappa shape index (κ2) is 7.80. The van der Waals surface area contributed by atoms with Crippen molar-refractivity contribution in [2.75, 3.05) is 11.9 Å². The van der Waals surface area contributed by atoms with Gasteiger partial charge < -0.3 is 4.90 Å². The van der Waals surface area contributed by atoms with Crippen molar-refractivity contribution in [3.05, 3.63) is 57.2 Å². The predicted octanol–water partition coefficient (Wildman–Crippen LogP) is 4.90. The van der Waals surface area contributed by atoms with Crippen LogP contribution in [-0.4, -0.2) is 28.2 Å². The first-order valence-electron chi connectivity index (χ1n) is 8.48. The minimum Gasteiger partial charge on any atom is -0.338 e. The lowest BCUT2D eigenvalue weighted by atomic mass is 10.1. The lowest BCUT2D eigenvalue weighted by molar-refractivity contribution is -0.128. The van der Waals surface area contributed by atoms with Crippen LogP contribution in [0.25, 0.3) is 10.6 Å². The summed E-state index contributed by atoms with van der Waals surface area (Å²) in [5, 5.41) is 5.28. The molecule has 1 aromatic carbocycles. The van der Waals surface area contributed by atoms with Crippen LogP contribution in [0.15, 0.2) is 41.8 Å². The van der Waals surface area contributed by atoms with Crippen molar-refractivity contribution in [1.29, 1.82) is 0 Å². The van der Waals surface area contributed by atoms with Crippen LogP contribution in [-0.2, 0) is 11.3 Å². The molecular weight excluding hydrogens is 402 g/mol. The lowest BCUT2D eigenvalue weighted by Crippen LogP contribution is -2.24. The van der Waals surface area contributed by atoms with Crippen molar-refractivity contribution in [1.82, 2.24) is 9.88 Å². The minimum atomic E-state index is -0.213. The maximum atomic E-state index is 12.6. The number of carbonyl (C=O) groups excluding carboxylic acids is 2. The lowest BCUT2D eigenvalue weighted by Gasteiger charge is -2.15. The Kier molecular flexibility index (Phi) is 5.24. The van der Waals surface area contributed by atoms with Crippen LogP contribution in [0.5, 0.6) is 0 Å². The fourth-order valence-corrected chi connectivity index (χ4v) is 4.75. The van der Waals surface area contributed by atoms with Crippen LogP contribution in [0, 0.1) is 0 Å². The van der Waals surface area contributed by atoms with Gasteiger partial charge in [0, 0.05) is 30.5 Å². The minimum absolute atomic E-state index is 0.175. The van der Waals surface area contributed by atoms with E-state index in [9.17, 15) is 9.59 Å². The molecule has 0 bridgehead atoms. The van der Waals surface area contributed by atoms with E-state index >= 15 is 0 Å². The van der Waals surface area contributed by atoms with E-state index in [1.165, 1.54) is 22.7 Å². The monoisotopic (exact) mass is 417 g/mol. The number of nitrogens with one attached hydrogen (secondary N) is 1. The number of carbonyl (C=O) groups is 2. The summed E-state index contributed by atoms with van der Waals surface area (Å²) in [5.74, 6) is -0.0384. The summed E-state index contributed by atoms with van der Waals surface area (Å²) in [5.41, 5.74) is 2.30. The van der Waals surface area contributed by atoms with Gasteiger partial charge in [0.1, 0.15) is 0 Å². The van der Waals surface area contributed by atoms with Gasteiger partial charge in [0.25, 0.3) is 5.91 Å². The number of thiophene rings is 1. The molecule has 0 atom stereocenters. The second-order valence-corrected chi connectivity index (χ2v) is 8.79. The number of amides is 2. The Bertz CT molecular complexity index is 998. The molecule has 1 aliphatic rings. The standard InChI is InChI=1S/C19H16ClN3O2S2/c20-16-7-6-15(27-16)14-11-26-19(21-14)22-18(25)13-4-1-3-12(9-13)10-23-8-2-5-17(23)24/h1,3-4,6-7,9,11H,2,5,8,10H2,(H,21,22,25). The summed E-state index contributed by atoms with van der Waals surface area (Å²) in [6.07, 6.45) is 1.52. The van der Waals surface area contributed by atoms with Gasteiger partial charge in [-0.15, -0.1) is 22.7 Å². The SMILES string of the molecule is O=C(Nc1nc(-c2ccc(Cl)s2)cs1)c1cccc(CN2CCCC2=O)c1. The Morgan fingerprint density at radius 3 is 2.93 bits per heavy atom. The summed E-state index contributed by atoms with van der Waals surface area (Å²) in [6, 6.07) is 11.1. The molecule has 1 fully saturated rings. The van der Waals surface area contributed by atoms with Crippen LogP contribution in [0.1, 0.15) is 28.8 Å². The summed E-state index contributed by atoms with van der Waals surface area (Å²) < 4.78 is 0.705. The number of likely N-dealkylation sites (tertiary alicyclic amines) is 1. The third-order valence-corrected chi connectivity index (χ3v) is 6.30. The quantitative estimate of drug-likeness (QED) is 0.642. The van der Waals surface area contributed by atoms with Crippen LogP contribution >= 0.6 is 34.3 Å². The molecule has 8 heteroatoms. The van der Waals surface area contributed by atoms with Crippen LogP contribution < -0.4 is 5.32 Å². The molecule has 1 aliphatic heterocycles. The topological polar surface area (TPSA) is 62.3 Å². The molecule has 2 amide bonds. The van der Waals surface area contributed by atoms with E-state index in [4.69, 9.17) is 11.6 Å². The van der Waals surface area contributed by atoms with Crippen molar-refractivity contribution < 1.29 is 9.59 Å². The number of aromatic nitrogens is 1. The molecular formula is C19H16ClN3O2S2. The van der Waals surface area contributed by atoms with Crippen molar-refractivity contribution in [2.45, 2.75) is 19.4 Å². The Balaban J connectivity index is 1.44. The smallest absolute Gasteiger partial charge is 0.257 e. The molecule has 138 valence electrons.